The molecule has 2 N–H and O–H groups in total. The summed E-state index contributed by atoms with van der Waals surface area (Å²) >= 11 is 5.77. The highest BCUT2D eigenvalue weighted by molar-refractivity contribution is 7.92. The quantitative estimate of drug-likeness (QED) is 0.826. The Labute approximate surface area is 148 Å². The summed E-state index contributed by atoms with van der Waals surface area (Å²) in [5.74, 6) is -2.91. The molecular formula is C17H14ClFO5S. The Morgan fingerprint density at radius 3 is 2.16 bits per heavy atom. The molecule has 1 fully saturated rings. The second-order valence-electron chi connectivity index (χ2n) is 5.95. The van der Waals surface area contributed by atoms with Crippen molar-refractivity contribution in [3.8, 4) is 0 Å². The topological polar surface area (TPSA) is 91.7 Å². The lowest BCUT2D eigenvalue weighted by molar-refractivity contribution is -0.145. The van der Waals surface area contributed by atoms with E-state index in [4.69, 9.17) is 11.6 Å². The number of aliphatic carboxylic acids is 1. The molecule has 5 nitrogen and oxygen atoms in total. The first kappa shape index (κ1) is 17.8. The molecule has 0 heterocycles. The maximum Gasteiger partial charge on any atom is 0.314 e. The molecule has 0 unspecified atom stereocenters. The van der Waals surface area contributed by atoms with Gasteiger partial charge in [0.2, 0.25) is 0 Å². The number of hydrogen-bond acceptors (Lipinski definition) is 4. The molecule has 2 aromatic rings. The largest absolute Gasteiger partial charge is 0.481 e. The van der Waals surface area contributed by atoms with E-state index in [0.29, 0.717) is 10.6 Å². The van der Waals surface area contributed by atoms with Gasteiger partial charge in [0.05, 0.1) is 16.8 Å². The standard InChI is InChI=1S/C17H14ClFO5S/c18-11-3-7-13(8-4-11)25(23,24)15-14(17(15,9-20)16(21)22)10-1-5-12(19)6-2-10/h1-8,14-15,20H,9H2,(H,21,22)/t14-,15-,17-/m0/s1. The number of aliphatic hydroxyl groups is 1. The molecule has 2 aromatic carbocycles. The molecule has 0 aliphatic heterocycles. The molecule has 0 saturated heterocycles. The third-order valence-electron chi connectivity index (χ3n) is 4.62. The van der Waals surface area contributed by atoms with E-state index < -0.39 is 44.8 Å². The van der Waals surface area contributed by atoms with E-state index in [1.54, 1.807) is 0 Å². The van der Waals surface area contributed by atoms with Crippen molar-refractivity contribution in [1.29, 1.82) is 0 Å². The third-order valence-corrected chi connectivity index (χ3v) is 7.16. The van der Waals surface area contributed by atoms with Crippen LogP contribution in [0.3, 0.4) is 0 Å². The van der Waals surface area contributed by atoms with Gasteiger partial charge in [-0.3, -0.25) is 4.79 Å². The fraction of sp³-hybridized carbons (Fsp3) is 0.235. The lowest BCUT2D eigenvalue weighted by atomic mass is 10.0. The van der Waals surface area contributed by atoms with Crippen molar-refractivity contribution < 1.29 is 27.8 Å². The number of halogens is 2. The molecule has 0 amide bonds. The third kappa shape index (κ3) is 2.72. The van der Waals surface area contributed by atoms with Crippen LogP contribution in [0.15, 0.2) is 53.4 Å². The van der Waals surface area contributed by atoms with Crippen LogP contribution in [0.25, 0.3) is 0 Å². The summed E-state index contributed by atoms with van der Waals surface area (Å²) in [4.78, 5) is 11.7. The van der Waals surface area contributed by atoms with E-state index >= 15 is 0 Å². The second-order valence-corrected chi connectivity index (χ2v) is 8.46. The van der Waals surface area contributed by atoms with Gasteiger partial charge in [-0.1, -0.05) is 23.7 Å². The van der Waals surface area contributed by atoms with E-state index in [2.05, 4.69) is 0 Å². The highest BCUT2D eigenvalue weighted by atomic mass is 35.5. The summed E-state index contributed by atoms with van der Waals surface area (Å²) in [5.41, 5.74) is -1.52. The highest BCUT2D eigenvalue weighted by Crippen LogP contribution is 2.64. The van der Waals surface area contributed by atoms with E-state index in [-0.39, 0.29) is 4.90 Å². The molecule has 25 heavy (non-hydrogen) atoms. The molecule has 1 saturated carbocycles. The van der Waals surface area contributed by atoms with Gasteiger partial charge in [0.15, 0.2) is 9.84 Å². The monoisotopic (exact) mass is 384 g/mol. The molecule has 0 radical (unpaired) electrons. The average molecular weight is 385 g/mol. The van der Waals surface area contributed by atoms with Crippen LogP contribution in [0.4, 0.5) is 4.39 Å². The van der Waals surface area contributed by atoms with Crippen molar-refractivity contribution in [2.24, 2.45) is 5.41 Å². The first-order valence-corrected chi connectivity index (χ1v) is 9.27. The van der Waals surface area contributed by atoms with Crippen LogP contribution in [0.5, 0.6) is 0 Å². The Balaban J connectivity index is 2.10. The Morgan fingerprint density at radius 2 is 1.68 bits per heavy atom. The fourth-order valence-corrected chi connectivity index (χ4v) is 5.77. The van der Waals surface area contributed by atoms with Crippen molar-refractivity contribution in [3.63, 3.8) is 0 Å². The number of carboxylic acid groups (broad SMARTS) is 1. The number of aliphatic hydroxyl groups excluding tert-OH is 1. The summed E-state index contributed by atoms with van der Waals surface area (Å²) < 4.78 is 39.0. The van der Waals surface area contributed by atoms with Crippen molar-refractivity contribution in [2.45, 2.75) is 16.1 Å². The van der Waals surface area contributed by atoms with Gasteiger partial charge < -0.3 is 10.2 Å². The molecule has 1 aliphatic carbocycles. The lowest BCUT2D eigenvalue weighted by Gasteiger charge is -2.09. The Kier molecular flexibility index (Phi) is 4.35. The van der Waals surface area contributed by atoms with E-state index in [1.807, 2.05) is 0 Å². The number of rotatable bonds is 5. The summed E-state index contributed by atoms with van der Waals surface area (Å²) in [5, 5.41) is 18.3. The van der Waals surface area contributed by atoms with Crippen LogP contribution in [0, 0.1) is 11.2 Å². The number of benzene rings is 2. The van der Waals surface area contributed by atoms with Crippen LogP contribution >= 0.6 is 11.6 Å². The maximum atomic E-state index is 13.1. The molecule has 3 atom stereocenters. The predicted molar refractivity (Wildman–Crippen MR) is 88.7 cm³/mol. The Hall–Kier alpha value is -1.96. The summed E-state index contributed by atoms with van der Waals surface area (Å²) in [6, 6.07) is 10.3. The highest BCUT2D eigenvalue weighted by Gasteiger charge is 2.75. The van der Waals surface area contributed by atoms with Crippen molar-refractivity contribution in [3.05, 3.63) is 64.9 Å². The molecule has 0 aromatic heterocycles. The van der Waals surface area contributed by atoms with Crippen LogP contribution < -0.4 is 0 Å². The Morgan fingerprint density at radius 1 is 1.12 bits per heavy atom. The SMILES string of the molecule is O=C(O)[C@@]1(CO)[C@@H](c2ccc(F)cc2)[C@@H]1S(=O)(=O)c1ccc(Cl)cc1. The fourth-order valence-electron chi connectivity index (χ4n) is 3.28. The van der Waals surface area contributed by atoms with Gasteiger partial charge in [-0.2, -0.15) is 0 Å². The second kappa shape index (κ2) is 6.09. The minimum Gasteiger partial charge on any atom is -0.481 e. The summed E-state index contributed by atoms with van der Waals surface area (Å²) in [6.45, 7) is -0.845. The minimum atomic E-state index is -4.05. The van der Waals surface area contributed by atoms with Gasteiger partial charge in [-0.25, -0.2) is 12.8 Å². The first-order chi connectivity index (χ1) is 11.7. The average Bonchev–Trinajstić information content (AvgIpc) is 3.27. The van der Waals surface area contributed by atoms with Gasteiger partial charge in [0.25, 0.3) is 0 Å². The number of carboxylic acids is 1. The zero-order valence-electron chi connectivity index (χ0n) is 12.8. The van der Waals surface area contributed by atoms with Crippen LogP contribution in [0.1, 0.15) is 11.5 Å². The zero-order chi connectivity index (χ0) is 18.4. The van der Waals surface area contributed by atoms with Gasteiger partial charge in [0.1, 0.15) is 11.2 Å². The number of carbonyl (C=O) groups is 1. The van der Waals surface area contributed by atoms with Crippen LogP contribution in [-0.2, 0) is 14.6 Å². The Bertz CT molecular complexity index is 911. The van der Waals surface area contributed by atoms with E-state index in [1.165, 1.54) is 36.4 Å². The zero-order valence-corrected chi connectivity index (χ0v) is 14.3. The molecule has 0 bridgehead atoms. The molecule has 8 heteroatoms. The number of sulfone groups is 1. The summed E-state index contributed by atoms with van der Waals surface area (Å²) in [6.07, 6.45) is 0. The molecule has 1 aliphatic rings. The van der Waals surface area contributed by atoms with Gasteiger partial charge >= 0.3 is 5.97 Å². The van der Waals surface area contributed by atoms with Crippen molar-refractivity contribution in [2.75, 3.05) is 6.61 Å². The van der Waals surface area contributed by atoms with Crippen LogP contribution in [0.2, 0.25) is 5.02 Å². The molecule has 3 rings (SSSR count). The minimum absolute atomic E-state index is 0.0782. The molecular weight excluding hydrogens is 371 g/mol. The molecule has 132 valence electrons. The molecule has 0 spiro atoms. The van der Waals surface area contributed by atoms with Gasteiger partial charge in [-0.15, -0.1) is 0 Å². The lowest BCUT2D eigenvalue weighted by Crippen LogP contribution is -2.27. The van der Waals surface area contributed by atoms with Gasteiger partial charge in [-0.05, 0) is 42.0 Å². The smallest absolute Gasteiger partial charge is 0.314 e. The van der Waals surface area contributed by atoms with E-state index in [9.17, 15) is 27.8 Å². The predicted octanol–water partition coefficient (Wildman–Crippen LogP) is 2.48. The van der Waals surface area contributed by atoms with E-state index in [0.717, 1.165) is 12.1 Å². The normalized spacial score (nSPS) is 25.6. The first-order valence-electron chi connectivity index (χ1n) is 7.34. The summed E-state index contributed by atoms with van der Waals surface area (Å²) in [7, 11) is -4.05. The van der Waals surface area contributed by atoms with Crippen molar-refractivity contribution in [1.82, 2.24) is 0 Å². The maximum absolute atomic E-state index is 13.1. The van der Waals surface area contributed by atoms with Gasteiger partial charge in [0, 0.05) is 10.9 Å². The number of hydrogen-bond donors (Lipinski definition) is 2. The van der Waals surface area contributed by atoms with Crippen LogP contribution in [-0.4, -0.2) is 36.5 Å². The van der Waals surface area contributed by atoms with Crippen molar-refractivity contribution >= 4 is 27.4 Å².